The zero-order chi connectivity index (χ0) is 13.8. The van der Waals surface area contributed by atoms with Gasteiger partial charge >= 0.3 is 0 Å². The first-order chi connectivity index (χ1) is 9.83. The molecule has 0 aliphatic carbocycles. The maximum absolute atomic E-state index is 11.8. The minimum absolute atomic E-state index is 0.255. The van der Waals surface area contributed by atoms with Crippen LogP contribution in [-0.4, -0.2) is 39.4 Å². The molecule has 0 radical (unpaired) electrons. The standard InChI is InChI=1S/C13H16N6O/c20-13(11-9-15-18-17-11)16-10-4-5-12(14-8-10)19-6-2-1-3-7-19/h4-5,8-9H,1-3,6-7H2,(H,16,20)(H,15,17,18). The van der Waals surface area contributed by atoms with Crippen molar-refractivity contribution in [2.24, 2.45) is 0 Å². The summed E-state index contributed by atoms with van der Waals surface area (Å²) < 4.78 is 0. The molecule has 3 heterocycles. The van der Waals surface area contributed by atoms with Crippen molar-refractivity contribution < 1.29 is 4.79 Å². The number of H-pyrrole nitrogens is 1. The Balaban J connectivity index is 1.65. The molecule has 2 aromatic heterocycles. The fourth-order valence-corrected chi connectivity index (χ4v) is 2.28. The van der Waals surface area contributed by atoms with Gasteiger partial charge in [0.1, 0.15) is 5.82 Å². The summed E-state index contributed by atoms with van der Waals surface area (Å²) in [6.07, 6.45) is 6.77. The number of hydrogen-bond acceptors (Lipinski definition) is 5. The molecule has 104 valence electrons. The van der Waals surface area contributed by atoms with E-state index in [0.717, 1.165) is 18.9 Å². The van der Waals surface area contributed by atoms with Crippen LogP contribution in [-0.2, 0) is 0 Å². The minimum Gasteiger partial charge on any atom is -0.357 e. The van der Waals surface area contributed by atoms with Gasteiger partial charge in [0, 0.05) is 13.1 Å². The SMILES string of the molecule is O=C(Nc1ccc(N2CCCCC2)nc1)c1cn[nH]n1. The Morgan fingerprint density at radius 3 is 2.70 bits per heavy atom. The highest BCUT2D eigenvalue weighted by atomic mass is 16.2. The number of carbonyl (C=O) groups is 1. The summed E-state index contributed by atoms with van der Waals surface area (Å²) in [6.45, 7) is 2.11. The summed E-state index contributed by atoms with van der Waals surface area (Å²) in [6, 6.07) is 3.79. The Hall–Kier alpha value is -2.44. The van der Waals surface area contributed by atoms with Crippen LogP contribution in [0.3, 0.4) is 0 Å². The monoisotopic (exact) mass is 272 g/mol. The van der Waals surface area contributed by atoms with Gasteiger partial charge in [-0.1, -0.05) is 0 Å². The van der Waals surface area contributed by atoms with Gasteiger partial charge in [-0.2, -0.15) is 15.4 Å². The number of nitrogens with zero attached hydrogens (tertiary/aromatic N) is 4. The van der Waals surface area contributed by atoms with E-state index in [1.807, 2.05) is 12.1 Å². The summed E-state index contributed by atoms with van der Waals surface area (Å²) in [5.74, 6) is 0.662. The lowest BCUT2D eigenvalue weighted by Gasteiger charge is -2.27. The molecule has 1 aliphatic rings. The lowest BCUT2D eigenvalue weighted by atomic mass is 10.1. The van der Waals surface area contributed by atoms with Crippen molar-refractivity contribution in [3.63, 3.8) is 0 Å². The van der Waals surface area contributed by atoms with Crippen LogP contribution in [0.5, 0.6) is 0 Å². The molecule has 1 fully saturated rings. The second kappa shape index (κ2) is 5.68. The Bertz CT molecular complexity index is 559. The number of nitrogens with one attached hydrogen (secondary N) is 2. The molecule has 0 aromatic carbocycles. The third-order valence-corrected chi connectivity index (χ3v) is 3.33. The maximum Gasteiger partial charge on any atom is 0.277 e. The van der Waals surface area contributed by atoms with Crippen LogP contribution in [0.4, 0.5) is 11.5 Å². The van der Waals surface area contributed by atoms with Crippen molar-refractivity contribution in [1.29, 1.82) is 0 Å². The number of piperidine rings is 1. The topological polar surface area (TPSA) is 86.8 Å². The molecule has 3 rings (SSSR count). The van der Waals surface area contributed by atoms with Crippen LogP contribution in [0.1, 0.15) is 29.8 Å². The molecule has 7 heteroatoms. The first-order valence-corrected chi connectivity index (χ1v) is 6.71. The summed E-state index contributed by atoms with van der Waals surface area (Å²) in [4.78, 5) is 18.5. The maximum atomic E-state index is 11.8. The quantitative estimate of drug-likeness (QED) is 0.883. The van der Waals surface area contributed by atoms with Gasteiger partial charge in [-0.3, -0.25) is 4.79 Å². The van der Waals surface area contributed by atoms with Crippen molar-refractivity contribution in [3.8, 4) is 0 Å². The van der Waals surface area contributed by atoms with Gasteiger partial charge in [-0.25, -0.2) is 4.98 Å². The number of aromatic nitrogens is 4. The largest absolute Gasteiger partial charge is 0.357 e. The molecule has 1 aliphatic heterocycles. The number of amides is 1. The molecular weight excluding hydrogens is 256 g/mol. The summed E-state index contributed by atoms with van der Waals surface area (Å²) in [5.41, 5.74) is 0.906. The molecule has 0 unspecified atom stereocenters. The first-order valence-electron chi connectivity index (χ1n) is 6.71. The highest BCUT2D eigenvalue weighted by Gasteiger charge is 2.13. The smallest absolute Gasteiger partial charge is 0.277 e. The molecule has 7 nitrogen and oxygen atoms in total. The summed E-state index contributed by atoms with van der Waals surface area (Å²) >= 11 is 0. The van der Waals surface area contributed by atoms with Gasteiger partial charge in [-0.15, -0.1) is 0 Å². The van der Waals surface area contributed by atoms with E-state index in [9.17, 15) is 4.79 Å². The lowest BCUT2D eigenvalue weighted by molar-refractivity contribution is 0.102. The van der Waals surface area contributed by atoms with Gasteiger partial charge in [0.05, 0.1) is 18.1 Å². The second-order valence-corrected chi connectivity index (χ2v) is 4.76. The molecule has 0 spiro atoms. The van der Waals surface area contributed by atoms with Crippen molar-refractivity contribution in [2.45, 2.75) is 19.3 Å². The van der Waals surface area contributed by atoms with Crippen LogP contribution >= 0.6 is 0 Å². The van der Waals surface area contributed by atoms with E-state index in [0.29, 0.717) is 5.69 Å². The van der Waals surface area contributed by atoms with E-state index in [1.54, 1.807) is 6.20 Å². The van der Waals surface area contributed by atoms with E-state index < -0.39 is 0 Å². The van der Waals surface area contributed by atoms with E-state index in [2.05, 4.69) is 30.6 Å². The molecule has 2 N–H and O–H groups in total. The third-order valence-electron chi connectivity index (χ3n) is 3.33. The number of aromatic amines is 1. The molecule has 0 saturated carbocycles. The number of pyridine rings is 1. The first kappa shape index (κ1) is 12.6. The zero-order valence-corrected chi connectivity index (χ0v) is 11.0. The fraction of sp³-hybridized carbons (Fsp3) is 0.385. The van der Waals surface area contributed by atoms with Crippen LogP contribution < -0.4 is 10.2 Å². The zero-order valence-electron chi connectivity index (χ0n) is 11.0. The molecule has 1 amide bonds. The van der Waals surface area contributed by atoms with Crippen LogP contribution in [0.25, 0.3) is 0 Å². The average molecular weight is 272 g/mol. The van der Waals surface area contributed by atoms with Crippen LogP contribution in [0.15, 0.2) is 24.5 Å². The highest BCUT2D eigenvalue weighted by molar-refractivity contribution is 6.02. The van der Waals surface area contributed by atoms with E-state index in [-0.39, 0.29) is 11.6 Å². The third kappa shape index (κ3) is 2.76. The number of rotatable bonds is 3. The van der Waals surface area contributed by atoms with Crippen molar-refractivity contribution in [2.75, 3.05) is 23.3 Å². The Morgan fingerprint density at radius 2 is 2.05 bits per heavy atom. The predicted octanol–water partition coefficient (Wildman–Crippen LogP) is 1.44. The Kier molecular flexibility index (Phi) is 3.58. The Labute approximate surface area is 116 Å². The average Bonchev–Trinajstić information content (AvgIpc) is 3.03. The number of anilines is 2. The number of hydrogen-bond donors (Lipinski definition) is 2. The van der Waals surface area contributed by atoms with E-state index in [1.165, 1.54) is 25.5 Å². The van der Waals surface area contributed by atoms with Gasteiger partial charge < -0.3 is 10.2 Å². The highest BCUT2D eigenvalue weighted by Crippen LogP contribution is 2.19. The van der Waals surface area contributed by atoms with Gasteiger partial charge in [-0.05, 0) is 31.4 Å². The fourth-order valence-electron chi connectivity index (χ4n) is 2.28. The molecule has 20 heavy (non-hydrogen) atoms. The summed E-state index contributed by atoms with van der Waals surface area (Å²) in [5, 5.41) is 12.5. The van der Waals surface area contributed by atoms with E-state index >= 15 is 0 Å². The molecule has 0 atom stereocenters. The molecular formula is C13H16N6O. The van der Waals surface area contributed by atoms with Crippen molar-refractivity contribution in [3.05, 3.63) is 30.2 Å². The summed E-state index contributed by atoms with van der Waals surface area (Å²) in [7, 11) is 0. The minimum atomic E-state index is -0.300. The molecule has 1 saturated heterocycles. The van der Waals surface area contributed by atoms with Crippen molar-refractivity contribution in [1.82, 2.24) is 20.4 Å². The second-order valence-electron chi connectivity index (χ2n) is 4.76. The van der Waals surface area contributed by atoms with Crippen LogP contribution in [0, 0.1) is 0 Å². The number of carbonyl (C=O) groups excluding carboxylic acids is 1. The van der Waals surface area contributed by atoms with Crippen LogP contribution in [0.2, 0.25) is 0 Å². The van der Waals surface area contributed by atoms with Gasteiger partial charge in [0.15, 0.2) is 5.69 Å². The molecule has 2 aromatic rings. The van der Waals surface area contributed by atoms with Crippen molar-refractivity contribution >= 4 is 17.4 Å². The predicted molar refractivity (Wildman–Crippen MR) is 74.6 cm³/mol. The normalized spacial score (nSPS) is 15.1. The van der Waals surface area contributed by atoms with E-state index in [4.69, 9.17) is 0 Å². The Morgan fingerprint density at radius 1 is 1.20 bits per heavy atom. The van der Waals surface area contributed by atoms with Gasteiger partial charge in [0.25, 0.3) is 5.91 Å². The molecule has 0 bridgehead atoms. The lowest BCUT2D eigenvalue weighted by Crippen LogP contribution is -2.30. The van der Waals surface area contributed by atoms with Gasteiger partial charge in [0.2, 0.25) is 0 Å².